The SMILES string of the molecule is CCOC(=O)c1[nH]c2ccc(N(C)C)cc2c(=O)c1CN1CCN(C=O)CC1. The molecule has 0 bridgehead atoms. The Morgan fingerprint density at radius 3 is 2.57 bits per heavy atom. The van der Waals surface area contributed by atoms with Crippen LogP contribution in [-0.4, -0.2) is 74.0 Å². The van der Waals surface area contributed by atoms with Crippen molar-refractivity contribution in [3.8, 4) is 0 Å². The van der Waals surface area contributed by atoms with Crippen molar-refractivity contribution in [3.63, 3.8) is 0 Å². The maximum atomic E-state index is 13.3. The van der Waals surface area contributed by atoms with E-state index in [1.54, 1.807) is 17.9 Å². The lowest BCUT2D eigenvalue weighted by Crippen LogP contribution is -2.46. The van der Waals surface area contributed by atoms with Crippen molar-refractivity contribution in [2.24, 2.45) is 0 Å². The molecule has 0 unspecified atom stereocenters. The lowest BCUT2D eigenvalue weighted by molar-refractivity contribution is -0.119. The van der Waals surface area contributed by atoms with Gasteiger partial charge in [0.2, 0.25) is 6.41 Å². The summed E-state index contributed by atoms with van der Waals surface area (Å²) in [4.78, 5) is 45.5. The third kappa shape index (κ3) is 4.01. The van der Waals surface area contributed by atoms with E-state index in [2.05, 4.69) is 9.88 Å². The van der Waals surface area contributed by atoms with Crippen LogP contribution in [0.15, 0.2) is 23.0 Å². The van der Waals surface area contributed by atoms with Crippen LogP contribution in [0.4, 0.5) is 5.69 Å². The van der Waals surface area contributed by atoms with Gasteiger partial charge >= 0.3 is 5.97 Å². The highest BCUT2D eigenvalue weighted by Gasteiger charge is 2.23. The number of carbonyl (C=O) groups is 2. The molecule has 2 aromatic rings. The molecule has 1 aliphatic rings. The molecule has 3 rings (SSSR count). The first-order valence-corrected chi connectivity index (χ1v) is 9.39. The molecule has 28 heavy (non-hydrogen) atoms. The van der Waals surface area contributed by atoms with E-state index >= 15 is 0 Å². The van der Waals surface area contributed by atoms with Crippen molar-refractivity contribution in [1.82, 2.24) is 14.8 Å². The molecule has 1 aliphatic heterocycles. The normalized spacial score (nSPS) is 14.9. The molecule has 1 fully saturated rings. The zero-order chi connectivity index (χ0) is 20.3. The first kappa shape index (κ1) is 19.9. The van der Waals surface area contributed by atoms with Crippen LogP contribution in [-0.2, 0) is 16.1 Å². The summed E-state index contributed by atoms with van der Waals surface area (Å²) in [6.07, 6.45) is 0.840. The molecule has 0 atom stereocenters. The highest BCUT2D eigenvalue weighted by molar-refractivity contribution is 5.93. The number of rotatable bonds is 6. The summed E-state index contributed by atoms with van der Waals surface area (Å²) >= 11 is 0. The van der Waals surface area contributed by atoms with E-state index in [9.17, 15) is 14.4 Å². The Morgan fingerprint density at radius 1 is 1.25 bits per heavy atom. The molecule has 0 saturated carbocycles. The summed E-state index contributed by atoms with van der Waals surface area (Å²) in [5.41, 5.74) is 1.95. The van der Waals surface area contributed by atoms with Crippen LogP contribution in [0.2, 0.25) is 0 Å². The number of hydrogen-bond donors (Lipinski definition) is 1. The first-order chi connectivity index (χ1) is 13.4. The summed E-state index contributed by atoms with van der Waals surface area (Å²) in [7, 11) is 3.82. The minimum absolute atomic E-state index is 0.168. The number of fused-ring (bicyclic) bond motifs is 1. The minimum atomic E-state index is -0.528. The predicted molar refractivity (Wildman–Crippen MR) is 108 cm³/mol. The Morgan fingerprint density at radius 2 is 1.96 bits per heavy atom. The van der Waals surface area contributed by atoms with Crippen LogP contribution in [0.1, 0.15) is 23.0 Å². The van der Waals surface area contributed by atoms with Crippen LogP contribution in [0.25, 0.3) is 10.9 Å². The third-order valence-electron chi connectivity index (χ3n) is 5.02. The Bertz CT molecular complexity index is 930. The van der Waals surface area contributed by atoms with E-state index in [4.69, 9.17) is 4.74 Å². The fourth-order valence-electron chi connectivity index (χ4n) is 3.37. The average molecular weight is 386 g/mol. The molecular weight excluding hydrogens is 360 g/mol. The molecule has 1 amide bonds. The standard InChI is InChI=1S/C20H26N4O4/c1-4-28-20(27)18-16(12-23-7-9-24(13-25)10-8-23)19(26)15-11-14(22(2)3)5-6-17(15)21-18/h5-6,11,13H,4,7-10,12H2,1-3H3,(H,21,26). The van der Waals surface area contributed by atoms with Crippen LogP contribution in [0, 0.1) is 0 Å². The van der Waals surface area contributed by atoms with Crippen LogP contribution in [0.5, 0.6) is 0 Å². The maximum absolute atomic E-state index is 13.3. The topological polar surface area (TPSA) is 85.9 Å². The predicted octanol–water partition coefficient (Wildman–Crippen LogP) is 1.04. The van der Waals surface area contributed by atoms with Crippen molar-refractivity contribution in [1.29, 1.82) is 0 Å². The van der Waals surface area contributed by atoms with Gasteiger partial charge in [-0.1, -0.05) is 0 Å². The molecule has 1 aromatic heterocycles. The number of carbonyl (C=O) groups excluding carboxylic acids is 2. The van der Waals surface area contributed by atoms with E-state index in [1.165, 1.54) is 0 Å². The number of nitrogens with one attached hydrogen (secondary N) is 1. The van der Waals surface area contributed by atoms with Crippen molar-refractivity contribution < 1.29 is 14.3 Å². The van der Waals surface area contributed by atoms with E-state index in [0.717, 1.165) is 12.1 Å². The van der Waals surface area contributed by atoms with Crippen molar-refractivity contribution in [2.45, 2.75) is 13.5 Å². The molecule has 1 N–H and O–H groups in total. The summed E-state index contributed by atoms with van der Waals surface area (Å²) in [6, 6.07) is 5.53. The molecule has 150 valence electrons. The highest BCUT2D eigenvalue weighted by Crippen LogP contribution is 2.20. The molecule has 8 heteroatoms. The minimum Gasteiger partial charge on any atom is -0.461 e. The fraction of sp³-hybridized carbons (Fsp3) is 0.450. The van der Waals surface area contributed by atoms with Gasteiger partial charge in [-0.2, -0.15) is 0 Å². The monoisotopic (exact) mass is 386 g/mol. The number of piperazine rings is 1. The first-order valence-electron chi connectivity index (χ1n) is 9.39. The second-order valence-corrected chi connectivity index (χ2v) is 7.07. The fourth-order valence-corrected chi connectivity index (χ4v) is 3.37. The molecule has 1 saturated heterocycles. The van der Waals surface area contributed by atoms with Gasteiger partial charge in [-0.15, -0.1) is 0 Å². The lowest BCUT2D eigenvalue weighted by atomic mass is 10.1. The summed E-state index contributed by atoms with van der Waals surface area (Å²) in [5, 5.41) is 0.542. The van der Waals surface area contributed by atoms with Gasteiger partial charge in [-0.3, -0.25) is 14.5 Å². The molecular formula is C20H26N4O4. The number of hydrogen-bond acceptors (Lipinski definition) is 6. The molecule has 8 nitrogen and oxygen atoms in total. The Balaban J connectivity index is 2.04. The van der Waals surface area contributed by atoms with Gasteiger partial charge in [-0.05, 0) is 25.1 Å². The number of nitrogens with zero attached hydrogens (tertiary/aromatic N) is 3. The third-order valence-corrected chi connectivity index (χ3v) is 5.02. The number of H-pyrrole nitrogens is 1. The van der Waals surface area contributed by atoms with Crippen LogP contribution >= 0.6 is 0 Å². The number of amides is 1. The van der Waals surface area contributed by atoms with E-state index in [-0.39, 0.29) is 17.7 Å². The van der Waals surface area contributed by atoms with Crippen LogP contribution in [0.3, 0.4) is 0 Å². The number of benzene rings is 1. The second-order valence-electron chi connectivity index (χ2n) is 7.07. The van der Waals surface area contributed by atoms with Gasteiger partial charge < -0.3 is 19.5 Å². The number of pyridine rings is 1. The molecule has 0 radical (unpaired) electrons. The molecule has 1 aromatic carbocycles. The van der Waals surface area contributed by atoms with Gasteiger partial charge in [0.05, 0.1) is 12.1 Å². The van der Waals surface area contributed by atoms with Crippen LogP contribution < -0.4 is 10.3 Å². The quantitative estimate of drug-likeness (QED) is 0.590. The number of anilines is 1. The second kappa shape index (κ2) is 8.43. The smallest absolute Gasteiger partial charge is 0.355 e. The average Bonchev–Trinajstić information content (AvgIpc) is 2.70. The van der Waals surface area contributed by atoms with E-state index in [0.29, 0.717) is 49.2 Å². The van der Waals surface area contributed by atoms with Gasteiger partial charge in [0.1, 0.15) is 5.69 Å². The summed E-state index contributed by atoms with van der Waals surface area (Å²) in [5.74, 6) is -0.528. The maximum Gasteiger partial charge on any atom is 0.355 e. The van der Waals surface area contributed by atoms with E-state index in [1.807, 2.05) is 31.1 Å². The molecule has 0 spiro atoms. The van der Waals surface area contributed by atoms with Gasteiger partial charge in [0, 0.05) is 63.5 Å². The van der Waals surface area contributed by atoms with Crippen molar-refractivity contribution in [3.05, 3.63) is 39.7 Å². The van der Waals surface area contributed by atoms with Crippen molar-refractivity contribution in [2.75, 3.05) is 51.8 Å². The Labute approximate surface area is 163 Å². The summed E-state index contributed by atoms with van der Waals surface area (Å²) < 4.78 is 5.17. The molecule has 0 aliphatic carbocycles. The largest absolute Gasteiger partial charge is 0.461 e. The number of aromatic amines is 1. The number of esters is 1. The Hall–Kier alpha value is -2.87. The summed E-state index contributed by atoms with van der Waals surface area (Å²) in [6.45, 7) is 4.81. The zero-order valence-electron chi connectivity index (χ0n) is 16.5. The van der Waals surface area contributed by atoms with Gasteiger partial charge in [0.15, 0.2) is 5.43 Å². The molecule has 2 heterocycles. The van der Waals surface area contributed by atoms with E-state index < -0.39 is 5.97 Å². The lowest BCUT2D eigenvalue weighted by Gasteiger charge is -2.32. The highest BCUT2D eigenvalue weighted by atomic mass is 16.5. The zero-order valence-corrected chi connectivity index (χ0v) is 16.5. The number of ether oxygens (including phenoxy) is 1. The van der Waals surface area contributed by atoms with Gasteiger partial charge in [0.25, 0.3) is 0 Å². The van der Waals surface area contributed by atoms with Crippen molar-refractivity contribution >= 4 is 29.0 Å². The van der Waals surface area contributed by atoms with Gasteiger partial charge in [-0.25, -0.2) is 4.79 Å². The number of aromatic nitrogens is 1. The Kier molecular flexibility index (Phi) is 5.99.